The molecule has 0 amide bonds. The number of rotatable bonds is 4. The molecule has 20 heavy (non-hydrogen) atoms. The minimum atomic E-state index is -0.299. The normalized spacial score (nSPS) is 19.1. The van der Waals surface area contributed by atoms with Crippen molar-refractivity contribution in [2.75, 3.05) is 13.2 Å². The van der Waals surface area contributed by atoms with Gasteiger partial charge < -0.3 is 9.30 Å². The minimum absolute atomic E-state index is 0.299. The van der Waals surface area contributed by atoms with Crippen molar-refractivity contribution in [3.63, 3.8) is 0 Å². The zero-order valence-corrected chi connectivity index (χ0v) is 13.3. The van der Waals surface area contributed by atoms with Crippen LogP contribution in [0.4, 0.5) is 4.39 Å². The van der Waals surface area contributed by atoms with E-state index in [4.69, 9.17) is 16.3 Å². The zero-order valence-electron chi connectivity index (χ0n) is 10.9. The van der Waals surface area contributed by atoms with Crippen LogP contribution in [0, 0.1) is 11.7 Å². The first-order valence-corrected chi connectivity index (χ1v) is 7.99. The number of aryl methyl sites for hydroxylation is 1. The predicted octanol–water partition coefficient (Wildman–Crippen LogP) is 4.10. The second kappa shape index (κ2) is 6.00. The third-order valence-electron chi connectivity index (χ3n) is 3.77. The number of alkyl halides is 1. The van der Waals surface area contributed by atoms with Crippen LogP contribution in [-0.4, -0.2) is 22.8 Å². The Labute approximate surface area is 130 Å². The van der Waals surface area contributed by atoms with E-state index < -0.39 is 0 Å². The highest BCUT2D eigenvalue weighted by Gasteiger charge is 2.18. The number of hydrogen-bond donors (Lipinski definition) is 0. The summed E-state index contributed by atoms with van der Waals surface area (Å²) in [6.45, 7) is 2.53. The summed E-state index contributed by atoms with van der Waals surface area (Å²) in [4.78, 5) is 4.42. The molecule has 0 radical (unpaired) electrons. The first-order valence-electron chi connectivity index (χ1n) is 6.67. The lowest BCUT2D eigenvalue weighted by Crippen LogP contribution is -2.08. The van der Waals surface area contributed by atoms with Gasteiger partial charge in [-0.25, -0.2) is 9.37 Å². The van der Waals surface area contributed by atoms with Crippen molar-refractivity contribution < 1.29 is 9.13 Å². The summed E-state index contributed by atoms with van der Waals surface area (Å²) < 4.78 is 21.5. The minimum Gasteiger partial charge on any atom is -0.381 e. The molecule has 1 saturated heterocycles. The van der Waals surface area contributed by atoms with Crippen LogP contribution in [0.2, 0.25) is 0 Å². The second-order valence-electron chi connectivity index (χ2n) is 5.09. The molecule has 3 rings (SSSR count). The maximum Gasteiger partial charge on any atom is 0.139 e. The fourth-order valence-corrected chi connectivity index (χ4v) is 3.18. The van der Waals surface area contributed by atoms with Gasteiger partial charge in [0.05, 0.1) is 21.4 Å². The smallest absolute Gasteiger partial charge is 0.139 e. The Morgan fingerprint density at radius 1 is 1.50 bits per heavy atom. The van der Waals surface area contributed by atoms with Crippen molar-refractivity contribution in [1.82, 2.24) is 9.55 Å². The molecule has 6 heteroatoms. The quantitative estimate of drug-likeness (QED) is 0.767. The standard InChI is InChI=1S/C14H15BrClFN2O/c15-10-5-13-12(6-11(10)17)18-14(7-16)19(13)3-1-9-2-4-20-8-9/h5-6,9H,1-4,7-8H2. The Hall–Kier alpha value is -0.650. The van der Waals surface area contributed by atoms with E-state index in [9.17, 15) is 4.39 Å². The number of fused-ring (bicyclic) bond motifs is 1. The van der Waals surface area contributed by atoms with Gasteiger partial charge in [-0.1, -0.05) is 0 Å². The van der Waals surface area contributed by atoms with E-state index in [0.29, 0.717) is 21.8 Å². The van der Waals surface area contributed by atoms with Crippen LogP contribution in [0.1, 0.15) is 18.7 Å². The molecule has 0 bridgehead atoms. The van der Waals surface area contributed by atoms with E-state index in [-0.39, 0.29) is 5.82 Å². The van der Waals surface area contributed by atoms with Crippen molar-refractivity contribution in [1.29, 1.82) is 0 Å². The second-order valence-corrected chi connectivity index (χ2v) is 6.21. The van der Waals surface area contributed by atoms with Gasteiger partial charge in [0, 0.05) is 25.8 Å². The third-order valence-corrected chi connectivity index (χ3v) is 4.62. The van der Waals surface area contributed by atoms with E-state index in [1.165, 1.54) is 6.07 Å². The van der Waals surface area contributed by atoms with E-state index in [1.54, 1.807) is 6.07 Å². The number of aromatic nitrogens is 2. The lowest BCUT2D eigenvalue weighted by Gasteiger charge is -2.11. The van der Waals surface area contributed by atoms with Crippen molar-refractivity contribution in [3.8, 4) is 0 Å². The van der Waals surface area contributed by atoms with Gasteiger partial charge in [0.15, 0.2) is 0 Å². The van der Waals surface area contributed by atoms with Crippen molar-refractivity contribution in [2.24, 2.45) is 5.92 Å². The summed E-state index contributed by atoms with van der Waals surface area (Å²) in [5.74, 6) is 1.42. The lowest BCUT2D eigenvalue weighted by molar-refractivity contribution is 0.183. The lowest BCUT2D eigenvalue weighted by atomic mass is 10.1. The Morgan fingerprint density at radius 2 is 2.35 bits per heavy atom. The first-order chi connectivity index (χ1) is 9.69. The largest absolute Gasteiger partial charge is 0.381 e. The highest BCUT2D eigenvalue weighted by molar-refractivity contribution is 9.10. The van der Waals surface area contributed by atoms with Crippen molar-refractivity contribution in [2.45, 2.75) is 25.3 Å². The van der Waals surface area contributed by atoms with E-state index >= 15 is 0 Å². The summed E-state index contributed by atoms with van der Waals surface area (Å²) in [7, 11) is 0. The predicted molar refractivity (Wildman–Crippen MR) is 80.5 cm³/mol. The average Bonchev–Trinajstić information content (AvgIpc) is 3.05. The Morgan fingerprint density at radius 3 is 3.05 bits per heavy atom. The van der Waals surface area contributed by atoms with Crippen LogP contribution in [0.15, 0.2) is 16.6 Å². The number of halogens is 3. The number of nitrogens with zero attached hydrogens (tertiary/aromatic N) is 2. The summed E-state index contributed by atoms with van der Waals surface area (Å²) in [5, 5.41) is 0. The summed E-state index contributed by atoms with van der Waals surface area (Å²) in [6.07, 6.45) is 2.14. The van der Waals surface area contributed by atoms with E-state index in [1.807, 2.05) is 0 Å². The average molecular weight is 362 g/mol. The van der Waals surface area contributed by atoms with Crippen LogP contribution < -0.4 is 0 Å². The number of ether oxygens (including phenoxy) is 1. The van der Waals surface area contributed by atoms with Crippen LogP contribution in [0.25, 0.3) is 11.0 Å². The van der Waals surface area contributed by atoms with Crippen LogP contribution in [-0.2, 0) is 17.2 Å². The topological polar surface area (TPSA) is 27.1 Å². The molecule has 1 aromatic heterocycles. The number of benzene rings is 1. The van der Waals surface area contributed by atoms with Gasteiger partial charge in [0.1, 0.15) is 11.6 Å². The van der Waals surface area contributed by atoms with Crippen molar-refractivity contribution >= 4 is 38.6 Å². The monoisotopic (exact) mass is 360 g/mol. The molecule has 0 aliphatic carbocycles. The Balaban J connectivity index is 1.92. The molecule has 0 spiro atoms. The molecular weight excluding hydrogens is 347 g/mol. The molecule has 1 aromatic carbocycles. The molecule has 0 saturated carbocycles. The molecule has 108 valence electrons. The number of imidazole rings is 1. The molecule has 1 fully saturated rings. The highest BCUT2D eigenvalue weighted by Crippen LogP contribution is 2.26. The van der Waals surface area contributed by atoms with Gasteiger partial charge in [-0.3, -0.25) is 0 Å². The molecule has 1 atom stereocenters. The molecule has 2 heterocycles. The van der Waals surface area contributed by atoms with E-state index in [0.717, 1.165) is 43.9 Å². The SMILES string of the molecule is Fc1cc2nc(CCl)n(CCC3CCOC3)c2cc1Br. The van der Waals surface area contributed by atoms with Crippen LogP contribution in [0.3, 0.4) is 0 Å². The summed E-state index contributed by atoms with van der Waals surface area (Å²) >= 11 is 9.19. The maximum absolute atomic E-state index is 13.6. The van der Waals surface area contributed by atoms with E-state index in [2.05, 4.69) is 25.5 Å². The van der Waals surface area contributed by atoms with Crippen LogP contribution in [0.5, 0.6) is 0 Å². The Kier molecular flexibility index (Phi) is 4.29. The molecule has 3 nitrogen and oxygen atoms in total. The molecule has 1 unspecified atom stereocenters. The van der Waals surface area contributed by atoms with Crippen molar-refractivity contribution in [3.05, 3.63) is 28.2 Å². The molecule has 1 aliphatic heterocycles. The Bertz CT molecular complexity index is 625. The van der Waals surface area contributed by atoms with Gasteiger partial charge in [-0.15, -0.1) is 11.6 Å². The third kappa shape index (κ3) is 2.71. The van der Waals surface area contributed by atoms with Gasteiger partial charge >= 0.3 is 0 Å². The number of hydrogen-bond acceptors (Lipinski definition) is 2. The summed E-state index contributed by atoms with van der Waals surface area (Å²) in [6, 6.07) is 3.23. The van der Waals surface area contributed by atoms with Gasteiger partial charge in [0.25, 0.3) is 0 Å². The molecule has 2 aromatic rings. The fourth-order valence-electron chi connectivity index (χ4n) is 2.64. The zero-order chi connectivity index (χ0) is 14.1. The van der Waals surface area contributed by atoms with Crippen LogP contribution >= 0.6 is 27.5 Å². The van der Waals surface area contributed by atoms with Gasteiger partial charge in [-0.05, 0) is 40.8 Å². The first kappa shape index (κ1) is 14.3. The maximum atomic E-state index is 13.6. The molecule has 1 aliphatic rings. The molecular formula is C14H15BrClFN2O. The highest BCUT2D eigenvalue weighted by atomic mass is 79.9. The molecule has 0 N–H and O–H groups in total. The summed E-state index contributed by atoms with van der Waals surface area (Å²) in [5.41, 5.74) is 1.58. The van der Waals surface area contributed by atoms with Gasteiger partial charge in [-0.2, -0.15) is 0 Å². The van der Waals surface area contributed by atoms with Gasteiger partial charge in [0.2, 0.25) is 0 Å². The fraction of sp³-hybridized carbons (Fsp3) is 0.500.